The first kappa shape index (κ1) is 13.1. The highest BCUT2D eigenvalue weighted by Crippen LogP contribution is 2.31. The monoisotopic (exact) mass is 274 g/mol. The van der Waals surface area contributed by atoms with Gasteiger partial charge in [-0.25, -0.2) is 4.98 Å². The van der Waals surface area contributed by atoms with Crippen LogP contribution < -0.4 is 5.32 Å². The lowest BCUT2D eigenvalue weighted by molar-refractivity contribution is 0.0641. The van der Waals surface area contributed by atoms with Crippen molar-refractivity contribution in [3.63, 3.8) is 0 Å². The summed E-state index contributed by atoms with van der Waals surface area (Å²) in [4.78, 5) is 16.6. The van der Waals surface area contributed by atoms with Crippen LogP contribution in [0.25, 0.3) is 11.0 Å². The van der Waals surface area contributed by atoms with Crippen molar-refractivity contribution in [3.8, 4) is 0 Å². The molecule has 0 bridgehead atoms. The zero-order valence-electron chi connectivity index (χ0n) is 11.7. The lowest BCUT2D eigenvalue weighted by Gasteiger charge is -2.40. The molecule has 3 rings (SSSR count). The molecule has 1 aliphatic rings. The molecular formula is C14H18N4O2. The molecule has 2 aromatic heterocycles. The summed E-state index contributed by atoms with van der Waals surface area (Å²) in [6.45, 7) is 1.88. The Bertz CT molecular complexity index is 668. The summed E-state index contributed by atoms with van der Waals surface area (Å²) in [6, 6.07) is 1.81. The zero-order chi connectivity index (χ0) is 14.3. The number of carbonyl (C=O) groups is 1. The molecule has 1 fully saturated rings. The van der Waals surface area contributed by atoms with E-state index >= 15 is 0 Å². The fraction of sp³-hybridized carbons (Fsp3) is 0.500. The maximum atomic E-state index is 12.3. The number of nitrogens with zero attached hydrogens (tertiary/aromatic N) is 3. The number of fused-ring (bicyclic) bond motifs is 1. The predicted octanol–water partition coefficient (Wildman–Crippen LogP) is 0.922. The average Bonchev–Trinajstić information content (AvgIpc) is 2.69. The number of aromatic nitrogens is 3. The van der Waals surface area contributed by atoms with Gasteiger partial charge in [-0.2, -0.15) is 5.10 Å². The van der Waals surface area contributed by atoms with Crippen molar-refractivity contribution >= 4 is 16.9 Å². The molecule has 0 spiro atoms. The van der Waals surface area contributed by atoms with Crippen molar-refractivity contribution in [3.05, 3.63) is 23.5 Å². The predicted molar refractivity (Wildman–Crippen MR) is 74.4 cm³/mol. The van der Waals surface area contributed by atoms with Crippen LogP contribution in [0.4, 0.5) is 0 Å². The van der Waals surface area contributed by atoms with Crippen LogP contribution in [0.2, 0.25) is 0 Å². The van der Waals surface area contributed by atoms with Crippen LogP contribution >= 0.6 is 0 Å². The van der Waals surface area contributed by atoms with Crippen LogP contribution in [0.3, 0.4) is 0 Å². The number of aliphatic hydroxyl groups is 1. The molecule has 6 nitrogen and oxygen atoms in total. The van der Waals surface area contributed by atoms with E-state index in [-0.39, 0.29) is 12.5 Å². The second-order valence-electron chi connectivity index (χ2n) is 5.55. The first-order valence-corrected chi connectivity index (χ1v) is 6.77. The van der Waals surface area contributed by atoms with Gasteiger partial charge in [0.05, 0.1) is 23.4 Å². The van der Waals surface area contributed by atoms with E-state index in [1.54, 1.807) is 10.9 Å². The quantitative estimate of drug-likeness (QED) is 0.872. The van der Waals surface area contributed by atoms with E-state index in [1.807, 2.05) is 20.0 Å². The van der Waals surface area contributed by atoms with Crippen molar-refractivity contribution in [1.29, 1.82) is 0 Å². The molecule has 20 heavy (non-hydrogen) atoms. The molecule has 2 heterocycles. The molecule has 1 aliphatic carbocycles. The Kier molecular flexibility index (Phi) is 2.97. The minimum Gasteiger partial charge on any atom is -0.394 e. The summed E-state index contributed by atoms with van der Waals surface area (Å²) in [5.74, 6) is -0.184. The van der Waals surface area contributed by atoms with E-state index < -0.39 is 5.54 Å². The molecule has 0 unspecified atom stereocenters. The Morgan fingerprint density at radius 3 is 2.90 bits per heavy atom. The van der Waals surface area contributed by atoms with Gasteiger partial charge in [-0.1, -0.05) is 0 Å². The number of hydrogen-bond acceptors (Lipinski definition) is 4. The van der Waals surface area contributed by atoms with Crippen LogP contribution in [0.5, 0.6) is 0 Å². The fourth-order valence-electron chi connectivity index (χ4n) is 2.67. The number of aliphatic hydroxyl groups excluding tert-OH is 1. The van der Waals surface area contributed by atoms with Crippen LogP contribution in [-0.4, -0.2) is 37.9 Å². The molecule has 1 saturated carbocycles. The number of nitrogens with one attached hydrogen (secondary N) is 1. The number of hydrogen-bond donors (Lipinski definition) is 2. The van der Waals surface area contributed by atoms with Crippen molar-refractivity contribution in [2.75, 3.05) is 6.61 Å². The highest BCUT2D eigenvalue weighted by atomic mass is 16.3. The molecule has 0 atom stereocenters. The van der Waals surface area contributed by atoms with E-state index in [1.165, 1.54) is 0 Å². The van der Waals surface area contributed by atoms with Gasteiger partial charge in [-0.15, -0.1) is 0 Å². The third-order valence-corrected chi connectivity index (χ3v) is 4.12. The first-order valence-electron chi connectivity index (χ1n) is 6.77. The normalized spacial score (nSPS) is 16.9. The summed E-state index contributed by atoms with van der Waals surface area (Å²) >= 11 is 0. The van der Waals surface area contributed by atoms with Gasteiger partial charge in [-0.05, 0) is 32.3 Å². The largest absolute Gasteiger partial charge is 0.394 e. The van der Waals surface area contributed by atoms with Gasteiger partial charge in [0.15, 0.2) is 5.65 Å². The second kappa shape index (κ2) is 4.56. The Hall–Kier alpha value is -1.95. The number of aryl methyl sites for hydroxylation is 2. The Labute approximate surface area is 116 Å². The van der Waals surface area contributed by atoms with Gasteiger partial charge in [0.25, 0.3) is 5.91 Å². The van der Waals surface area contributed by atoms with Gasteiger partial charge >= 0.3 is 0 Å². The Morgan fingerprint density at radius 2 is 2.30 bits per heavy atom. The molecule has 0 radical (unpaired) electrons. The molecule has 6 heteroatoms. The van der Waals surface area contributed by atoms with Gasteiger partial charge in [-0.3, -0.25) is 9.48 Å². The zero-order valence-corrected chi connectivity index (χ0v) is 11.7. The number of amides is 1. The number of rotatable bonds is 3. The second-order valence-corrected chi connectivity index (χ2v) is 5.55. The molecule has 2 N–H and O–H groups in total. The highest BCUT2D eigenvalue weighted by molar-refractivity contribution is 5.97. The van der Waals surface area contributed by atoms with Crippen molar-refractivity contribution in [1.82, 2.24) is 20.1 Å². The third-order valence-electron chi connectivity index (χ3n) is 4.12. The maximum absolute atomic E-state index is 12.3. The van der Waals surface area contributed by atoms with E-state index in [0.29, 0.717) is 5.56 Å². The topological polar surface area (TPSA) is 80.0 Å². The molecule has 0 aliphatic heterocycles. The summed E-state index contributed by atoms with van der Waals surface area (Å²) in [7, 11) is 1.83. The minimum absolute atomic E-state index is 0.0136. The number of pyridine rings is 1. The molecule has 106 valence electrons. The third kappa shape index (κ3) is 1.96. The standard InChI is InChI=1S/C14H18N4O2/c1-9-11-6-10(7-15-12(11)18(2)17-9)13(20)16-14(8-19)4-3-5-14/h6-7,19H,3-5,8H2,1-2H3,(H,16,20). The average molecular weight is 274 g/mol. The summed E-state index contributed by atoms with van der Waals surface area (Å²) < 4.78 is 1.70. The van der Waals surface area contributed by atoms with E-state index in [4.69, 9.17) is 0 Å². The summed E-state index contributed by atoms with van der Waals surface area (Å²) in [6.07, 6.45) is 4.26. The van der Waals surface area contributed by atoms with Crippen LogP contribution in [0.15, 0.2) is 12.3 Å². The molecule has 1 amide bonds. The van der Waals surface area contributed by atoms with E-state index in [9.17, 15) is 9.90 Å². The van der Waals surface area contributed by atoms with Crippen LogP contribution in [0, 0.1) is 6.92 Å². The molecular weight excluding hydrogens is 256 g/mol. The molecule has 0 aromatic carbocycles. The van der Waals surface area contributed by atoms with Crippen molar-refractivity contribution in [2.24, 2.45) is 7.05 Å². The van der Waals surface area contributed by atoms with Gasteiger partial charge in [0.1, 0.15) is 0 Å². The van der Waals surface area contributed by atoms with E-state index in [0.717, 1.165) is 36.0 Å². The summed E-state index contributed by atoms with van der Waals surface area (Å²) in [5.41, 5.74) is 1.69. The summed E-state index contributed by atoms with van der Waals surface area (Å²) in [5, 5.41) is 17.5. The SMILES string of the molecule is Cc1nn(C)c2ncc(C(=O)NC3(CO)CCC3)cc12. The lowest BCUT2D eigenvalue weighted by atomic mass is 9.77. The first-order chi connectivity index (χ1) is 9.54. The van der Waals surface area contributed by atoms with E-state index in [2.05, 4.69) is 15.4 Å². The maximum Gasteiger partial charge on any atom is 0.253 e. The van der Waals surface area contributed by atoms with Crippen molar-refractivity contribution < 1.29 is 9.90 Å². The Balaban J connectivity index is 1.90. The molecule has 2 aromatic rings. The minimum atomic E-state index is -0.435. The lowest BCUT2D eigenvalue weighted by Crippen LogP contribution is -2.56. The highest BCUT2D eigenvalue weighted by Gasteiger charge is 2.37. The fourth-order valence-corrected chi connectivity index (χ4v) is 2.67. The van der Waals surface area contributed by atoms with Gasteiger partial charge in [0.2, 0.25) is 0 Å². The molecule has 0 saturated heterocycles. The smallest absolute Gasteiger partial charge is 0.253 e. The number of carbonyl (C=O) groups excluding carboxylic acids is 1. The van der Waals surface area contributed by atoms with Crippen LogP contribution in [-0.2, 0) is 7.05 Å². The van der Waals surface area contributed by atoms with Gasteiger partial charge in [0, 0.05) is 18.6 Å². The van der Waals surface area contributed by atoms with Crippen molar-refractivity contribution in [2.45, 2.75) is 31.7 Å². The Morgan fingerprint density at radius 1 is 1.55 bits per heavy atom. The van der Waals surface area contributed by atoms with Gasteiger partial charge < -0.3 is 10.4 Å². The van der Waals surface area contributed by atoms with Crippen LogP contribution in [0.1, 0.15) is 35.3 Å².